The maximum absolute atomic E-state index is 13.4. The zero-order chi connectivity index (χ0) is 31.9. The fourth-order valence-electron chi connectivity index (χ4n) is 6.17. The molecule has 0 aliphatic carbocycles. The van der Waals surface area contributed by atoms with E-state index in [1.807, 2.05) is 34.0 Å². The van der Waals surface area contributed by atoms with Gasteiger partial charge in [-0.15, -0.1) is 45.3 Å². The molecule has 4 heterocycles. The lowest BCUT2D eigenvalue weighted by atomic mass is 10.0. The summed E-state index contributed by atoms with van der Waals surface area (Å²) in [6.45, 7) is 9.53. The van der Waals surface area contributed by atoms with Crippen LogP contribution in [0.5, 0.6) is 0 Å². The molecule has 248 valence electrons. The topological polar surface area (TPSA) is 26.3 Å². The molecule has 0 N–H and O–H groups in total. The lowest BCUT2D eigenvalue weighted by molar-refractivity contribution is 0.0434. The zero-order valence-electron chi connectivity index (χ0n) is 28.3. The average Bonchev–Trinajstić information content (AvgIpc) is 3.85. The predicted molar refractivity (Wildman–Crippen MR) is 204 cm³/mol. The van der Waals surface area contributed by atoms with E-state index in [4.69, 9.17) is 4.74 Å². The number of fused-ring (bicyclic) bond motifs is 1. The summed E-state index contributed by atoms with van der Waals surface area (Å²) >= 11 is 7.35. The van der Waals surface area contributed by atoms with E-state index >= 15 is 0 Å². The summed E-state index contributed by atoms with van der Waals surface area (Å²) in [5.74, 6) is 0.303. The SMILES string of the molecule is CCCCCCCCc1ccsc1-c1sc(-c2sccc2CCCCCCCC)c2sc(C(=O)OCC(CC)CCCC)cc12. The van der Waals surface area contributed by atoms with Crippen LogP contribution < -0.4 is 0 Å². The number of ether oxygens (including phenoxy) is 1. The highest BCUT2D eigenvalue weighted by Crippen LogP contribution is 2.51. The maximum Gasteiger partial charge on any atom is 0.348 e. The first-order chi connectivity index (χ1) is 22.1. The quantitative estimate of drug-likeness (QED) is 0.0574. The van der Waals surface area contributed by atoms with Gasteiger partial charge >= 0.3 is 5.97 Å². The Morgan fingerprint density at radius 1 is 0.667 bits per heavy atom. The molecule has 0 saturated heterocycles. The third-order valence-corrected chi connectivity index (χ3v) is 13.8. The Hall–Kier alpha value is -1.47. The lowest BCUT2D eigenvalue weighted by Gasteiger charge is -2.14. The molecule has 4 rings (SSSR count). The summed E-state index contributed by atoms with van der Waals surface area (Å²) in [4.78, 5) is 19.7. The summed E-state index contributed by atoms with van der Waals surface area (Å²) in [7, 11) is 0. The molecular formula is C39H56O2S4. The van der Waals surface area contributed by atoms with Crippen molar-refractivity contribution in [3.63, 3.8) is 0 Å². The molecule has 6 heteroatoms. The van der Waals surface area contributed by atoms with Crippen molar-refractivity contribution in [2.45, 2.75) is 143 Å². The number of carbonyl (C=O) groups excluding carboxylic acids is 1. The number of carbonyl (C=O) groups is 1. The van der Waals surface area contributed by atoms with Crippen LogP contribution in [0.25, 0.3) is 29.6 Å². The van der Waals surface area contributed by atoms with Gasteiger partial charge in [-0.2, -0.15) is 0 Å². The van der Waals surface area contributed by atoms with Crippen molar-refractivity contribution in [2.24, 2.45) is 5.92 Å². The van der Waals surface area contributed by atoms with E-state index in [1.165, 1.54) is 131 Å². The Morgan fingerprint density at radius 2 is 1.22 bits per heavy atom. The average molecular weight is 685 g/mol. The molecule has 0 aliphatic heterocycles. The van der Waals surface area contributed by atoms with E-state index in [0.29, 0.717) is 12.5 Å². The fraction of sp³-hybridized carbons (Fsp3) is 0.615. The molecule has 0 aliphatic rings. The Kier molecular flexibility index (Phi) is 16.2. The van der Waals surface area contributed by atoms with E-state index in [0.717, 1.165) is 30.6 Å². The van der Waals surface area contributed by atoms with Gasteiger partial charge < -0.3 is 4.74 Å². The second-order valence-corrected chi connectivity index (χ2v) is 16.6. The Morgan fingerprint density at radius 3 is 1.80 bits per heavy atom. The first-order valence-electron chi connectivity index (χ1n) is 18.0. The smallest absolute Gasteiger partial charge is 0.348 e. The minimum Gasteiger partial charge on any atom is -0.461 e. The van der Waals surface area contributed by atoms with Crippen LogP contribution in [0.3, 0.4) is 0 Å². The first kappa shape index (κ1) is 36.4. The lowest BCUT2D eigenvalue weighted by Crippen LogP contribution is -2.13. The van der Waals surface area contributed by atoms with E-state index in [9.17, 15) is 4.79 Å². The van der Waals surface area contributed by atoms with Gasteiger partial charge in [0, 0.05) is 15.1 Å². The number of aryl methyl sites for hydroxylation is 2. The minimum absolute atomic E-state index is 0.148. The number of hydrogen-bond donors (Lipinski definition) is 0. The van der Waals surface area contributed by atoms with E-state index in [-0.39, 0.29) is 5.97 Å². The van der Waals surface area contributed by atoms with E-state index in [2.05, 4.69) is 56.7 Å². The molecule has 1 unspecified atom stereocenters. The van der Waals surface area contributed by atoms with Crippen molar-refractivity contribution in [2.75, 3.05) is 6.61 Å². The van der Waals surface area contributed by atoms with Gasteiger partial charge in [0.15, 0.2) is 0 Å². The van der Waals surface area contributed by atoms with Crippen molar-refractivity contribution in [1.82, 2.24) is 0 Å². The molecular weight excluding hydrogens is 629 g/mol. The number of thiophene rings is 4. The van der Waals surface area contributed by atoms with Crippen LogP contribution in [-0.2, 0) is 17.6 Å². The highest BCUT2D eigenvalue weighted by atomic mass is 32.1. The van der Waals surface area contributed by atoms with Gasteiger partial charge in [0.2, 0.25) is 0 Å². The van der Waals surface area contributed by atoms with Gasteiger partial charge in [0.1, 0.15) is 4.88 Å². The highest BCUT2D eigenvalue weighted by Gasteiger charge is 2.25. The van der Waals surface area contributed by atoms with E-state index in [1.54, 1.807) is 11.3 Å². The summed E-state index contributed by atoms with van der Waals surface area (Å²) in [5, 5.41) is 5.78. The second kappa shape index (κ2) is 20.0. The van der Waals surface area contributed by atoms with Crippen LogP contribution in [0.4, 0.5) is 0 Å². The Bertz CT molecular complexity index is 1320. The van der Waals surface area contributed by atoms with Crippen molar-refractivity contribution >= 4 is 61.4 Å². The zero-order valence-corrected chi connectivity index (χ0v) is 31.6. The van der Waals surface area contributed by atoms with Gasteiger partial charge in [-0.3, -0.25) is 0 Å². The third kappa shape index (κ3) is 10.5. The summed E-state index contributed by atoms with van der Waals surface area (Å²) in [6, 6.07) is 6.84. The third-order valence-electron chi connectivity index (χ3n) is 9.09. The summed E-state index contributed by atoms with van der Waals surface area (Å²) in [6.07, 6.45) is 22.6. The molecule has 0 spiro atoms. The molecule has 0 fully saturated rings. The summed E-state index contributed by atoms with van der Waals surface area (Å²) < 4.78 is 7.22. The van der Waals surface area contributed by atoms with E-state index < -0.39 is 0 Å². The second-order valence-electron chi connectivity index (χ2n) is 12.7. The molecule has 0 saturated carbocycles. The van der Waals surface area contributed by atoms with Gasteiger partial charge in [-0.05, 0) is 78.1 Å². The van der Waals surface area contributed by atoms with Crippen LogP contribution in [0.1, 0.15) is 151 Å². The van der Waals surface area contributed by atoms with Crippen LogP contribution in [0.15, 0.2) is 29.0 Å². The first-order valence-corrected chi connectivity index (χ1v) is 21.4. The molecule has 0 radical (unpaired) electrons. The highest BCUT2D eigenvalue weighted by molar-refractivity contribution is 7.32. The number of rotatable bonds is 23. The Balaban J connectivity index is 1.60. The van der Waals surface area contributed by atoms with Crippen molar-refractivity contribution < 1.29 is 9.53 Å². The number of hydrogen-bond acceptors (Lipinski definition) is 6. The van der Waals surface area contributed by atoms with Crippen LogP contribution in [-0.4, -0.2) is 12.6 Å². The fourth-order valence-corrected chi connectivity index (χ4v) is 11.0. The van der Waals surface area contributed by atoms with Gasteiger partial charge in [0.05, 0.1) is 21.1 Å². The Labute approximate surface area is 289 Å². The molecule has 4 aromatic rings. The molecule has 0 bridgehead atoms. The minimum atomic E-state index is -0.148. The number of esters is 1. The van der Waals surface area contributed by atoms with Gasteiger partial charge in [-0.25, -0.2) is 4.79 Å². The summed E-state index contributed by atoms with van der Waals surface area (Å²) in [5.41, 5.74) is 2.95. The van der Waals surface area contributed by atoms with Gasteiger partial charge in [0.25, 0.3) is 0 Å². The monoisotopic (exact) mass is 684 g/mol. The number of unbranched alkanes of at least 4 members (excludes halogenated alkanes) is 11. The van der Waals surface area contributed by atoms with Crippen LogP contribution in [0, 0.1) is 5.92 Å². The van der Waals surface area contributed by atoms with Crippen LogP contribution >= 0.6 is 45.3 Å². The standard InChI is InChI=1S/C39H56O2S4/c1-5-9-12-14-16-18-21-30-23-25-42-34(30)36-32-27-33(39(40)41-28-29(8-4)20-11-7-3)44-37(32)38(45-36)35-31(24-26-43-35)22-19-17-15-13-10-6-2/h23-27,29H,5-22,28H2,1-4H3. The predicted octanol–water partition coefficient (Wildman–Crippen LogP) is 14.6. The molecule has 2 nitrogen and oxygen atoms in total. The van der Waals surface area contributed by atoms with Gasteiger partial charge in [-0.1, -0.05) is 111 Å². The molecule has 4 aromatic heterocycles. The molecule has 45 heavy (non-hydrogen) atoms. The van der Waals surface area contributed by atoms with Crippen molar-refractivity contribution in [1.29, 1.82) is 0 Å². The molecule has 0 aromatic carbocycles. The normalized spacial score (nSPS) is 12.4. The molecule has 0 amide bonds. The largest absolute Gasteiger partial charge is 0.461 e. The molecule has 1 atom stereocenters. The van der Waals surface area contributed by atoms with Crippen LogP contribution in [0.2, 0.25) is 0 Å². The van der Waals surface area contributed by atoms with Crippen molar-refractivity contribution in [3.8, 4) is 19.5 Å². The maximum atomic E-state index is 13.4. The van der Waals surface area contributed by atoms with Crippen molar-refractivity contribution in [3.05, 3.63) is 45.0 Å².